The molecule has 0 saturated carbocycles. The number of non-ortho nitro benzene ring substituents is 1. The number of likely N-dealkylation sites (tertiary alicyclic amines) is 1. The van der Waals surface area contributed by atoms with Crippen LogP contribution in [0.2, 0.25) is 0 Å². The summed E-state index contributed by atoms with van der Waals surface area (Å²) in [6.45, 7) is 0.197. The predicted molar refractivity (Wildman–Crippen MR) is 144 cm³/mol. The number of carbonyl (C=O) groups is 2. The summed E-state index contributed by atoms with van der Waals surface area (Å²) in [5.74, 6) is -0.670. The van der Waals surface area contributed by atoms with Crippen LogP contribution in [0.25, 0.3) is 16.7 Å². The number of hydrogen-bond donors (Lipinski definition) is 2. The maximum atomic E-state index is 13.3. The number of nitro benzene ring substituents is 1. The van der Waals surface area contributed by atoms with Gasteiger partial charge in [-0.1, -0.05) is 12.1 Å². The summed E-state index contributed by atoms with van der Waals surface area (Å²) in [6, 6.07) is 16.9. The number of H-pyrrole nitrogens is 1. The van der Waals surface area contributed by atoms with Crippen LogP contribution in [0.4, 0.5) is 5.69 Å². The number of aromatic amines is 1. The Labute approximate surface area is 223 Å². The average molecular weight is 528 g/mol. The zero-order chi connectivity index (χ0) is 27.7. The summed E-state index contributed by atoms with van der Waals surface area (Å²) in [5, 5.41) is 23.2. The number of nitrogens with one attached hydrogen (secondary N) is 1. The van der Waals surface area contributed by atoms with Gasteiger partial charge in [0.25, 0.3) is 17.4 Å². The third-order valence-electron chi connectivity index (χ3n) is 6.92. The van der Waals surface area contributed by atoms with Crippen LogP contribution < -0.4 is 9.47 Å². The van der Waals surface area contributed by atoms with E-state index in [0.29, 0.717) is 23.5 Å². The SMILES string of the molecule is COc1ccc([C@@H]2C(=C(O)c3ccc([N+](=O)[O-])cc3)C(=O)C(=O)N2CCc2c[nH]c3ccc(OC)cc23)cc1. The fourth-order valence-corrected chi connectivity index (χ4v) is 4.87. The Balaban J connectivity index is 1.55. The molecule has 1 amide bonds. The lowest BCUT2D eigenvalue weighted by molar-refractivity contribution is -0.384. The number of rotatable bonds is 8. The number of ketones is 1. The minimum Gasteiger partial charge on any atom is -0.507 e. The van der Waals surface area contributed by atoms with Gasteiger partial charge in [-0.3, -0.25) is 19.7 Å². The molecule has 1 fully saturated rings. The Morgan fingerprint density at radius 3 is 2.31 bits per heavy atom. The first-order valence-electron chi connectivity index (χ1n) is 12.1. The van der Waals surface area contributed by atoms with Crippen molar-refractivity contribution in [1.29, 1.82) is 0 Å². The van der Waals surface area contributed by atoms with E-state index in [0.717, 1.165) is 16.5 Å². The lowest BCUT2D eigenvalue weighted by atomic mass is 9.95. The Morgan fingerprint density at radius 2 is 1.67 bits per heavy atom. The number of aromatic nitrogens is 1. The molecule has 4 aromatic rings. The highest BCUT2D eigenvalue weighted by Gasteiger charge is 2.46. The van der Waals surface area contributed by atoms with Crippen LogP contribution in [0.3, 0.4) is 0 Å². The van der Waals surface area contributed by atoms with Gasteiger partial charge in [0.1, 0.15) is 17.3 Å². The Kier molecular flexibility index (Phi) is 6.76. The third-order valence-corrected chi connectivity index (χ3v) is 6.92. The summed E-state index contributed by atoms with van der Waals surface area (Å²) in [7, 11) is 3.12. The fourth-order valence-electron chi connectivity index (χ4n) is 4.87. The van der Waals surface area contributed by atoms with Crippen LogP contribution in [-0.2, 0) is 16.0 Å². The first kappa shape index (κ1) is 25.5. The van der Waals surface area contributed by atoms with Crippen molar-refractivity contribution in [2.75, 3.05) is 20.8 Å². The quantitative estimate of drug-likeness (QED) is 0.111. The van der Waals surface area contributed by atoms with E-state index in [-0.39, 0.29) is 23.4 Å². The molecular weight excluding hydrogens is 502 g/mol. The van der Waals surface area contributed by atoms with E-state index < -0.39 is 28.4 Å². The van der Waals surface area contributed by atoms with Crippen molar-refractivity contribution in [3.8, 4) is 11.5 Å². The molecule has 0 spiro atoms. The first-order valence-corrected chi connectivity index (χ1v) is 12.1. The molecule has 10 nitrogen and oxygen atoms in total. The van der Waals surface area contributed by atoms with E-state index in [4.69, 9.17) is 9.47 Å². The first-order chi connectivity index (χ1) is 18.8. The number of hydrogen-bond acceptors (Lipinski definition) is 7. The number of ether oxygens (including phenoxy) is 2. The summed E-state index contributed by atoms with van der Waals surface area (Å²) in [4.78, 5) is 41.8. The van der Waals surface area contributed by atoms with E-state index in [1.54, 1.807) is 31.4 Å². The molecule has 198 valence electrons. The number of Topliss-reactive ketones (excluding diaryl/α,β-unsaturated/α-hetero) is 1. The van der Waals surface area contributed by atoms with Crippen LogP contribution in [0.1, 0.15) is 22.7 Å². The Morgan fingerprint density at radius 1 is 1.00 bits per heavy atom. The lowest BCUT2D eigenvalue weighted by Gasteiger charge is -2.25. The van der Waals surface area contributed by atoms with Crippen LogP contribution in [0.15, 0.2) is 78.5 Å². The van der Waals surface area contributed by atoms with Crippen molar-refractivity contribution in [1.82, 2.24) is 9.88 Å². The Hall–Kier alpha value is -5.12. The highest BCUT2D eigenvalue weighted by Crippen LogP contribution is 2.40. The number of fused-ring (bicyclic) bond motifs is 1. The molecule has 1 aromatic heterocycles. The maximum absolute atomic E-state index is 13.3. The van der Waals surface area contributed by atoms with Gasteiger partial charge < -0.3 is 24.5 Å². The Bertz CT molecular complexity index is 1600. The van der Waals surface area contributed by atoms with Gasteiger partial charge in [0.15, 0.2) is 0 Å². The van der Waals surface area contributed by atoms with Gasteiger partial charge >= 0.3 is 0 Å². The molecule has 2 N–H and O–H groups in total. The number of methoxy groups -OCH3 is 2. The number of aliphatic hydroxyl groups is 1. The molecule has 2 heterocycles. The number of carbonyl (C=O) groups excluding carboxylic acids is 2. The second kappa shape index (κ2) is 10.3. The lowest BCUT2D eigenvalue weighted by Crippen LogP contribution is -2.31. The standard InChI is InChI=1S/C29H25N3O7/c1-38-21-9-5-17(6-10-21)26-25(27(33)18-3-7-20(8-4-18)32(36)37)28(34)29(35)31(26)14-13-19-16-30-24-12-11-22(39-2)15-23(19)24/h3-12,15-16,26,30,33H,13-14H2,1-2H3/t26-/m1/s1. The van der Waals surface area contributed by atoms with E-state index in [9.17, 15) is 24.8 Å². The largest absolute Gasteiger partial charge is 0.507 e. The van der Waals surface area contributed by atoms with Crippen molar-refractivity contribution in [3.05, 3.63) is 105 Å². The zero-order valence-corrected chi connectivity index (χ0v) is 21.2. The number of benzene rings is 3. The monoisotopic (exact) mass is 527 g/mol. The van der Waals surface area contributed by atoms with Crippen molar-refractivity contribution >= 4 is 34.0 Å². The van der Waals surface area contributed by atoms with E-state index in [1.807, 2.05) is 24.4 Å². The predicted octanol–water partition coefficient (Wildman–Crippen LogP) is 4.76. The van der Waals surface area contributed by atoms with Gasteiger partial charge in [-0.15, -0.1) is 0 Å². The van der Waals surface area contributed by atoms with Crippen LogP contribution >= 0.6 is 0 Å². The molecule has 1 aliphatic heterocycles. The molecule has 1 saturated heterocycles. The smallest absolute Gasteiger partial charge is 0.295 e. The van der Waals surface area contributed by atoms with Crippen LogP contribution in [0, 0.1) is 10.1 Å². The van der Waals surface area contributed by atoms with Gasteiger partial charge in [-0.05, 0) is 60.0 Å². The fraction of sp³-hybridized carbons (Fsp3) is 0.172. The van der Waals surface area contributed by atoms with Gasteiger partial charge in [0.2, 0.25) is 0 Å². The van der Waals surface area contributed by atoms with Crippen molar-refractivity contribution in [2.45, 2.75) is 12.5 Å². The molecule has 0 aliphatic carbocycles. The van der Waals surface area contributed by atoms with Crippen LogP contribution in [0.5, 0.6) is 11.5 Å². The normalized spacial score (nSPS) is 16.6. The molecule has 3 aromatic carbocycles. The number of nitro groups is 1. The molecular formula is C29H25N3O7. The molecule has 0 unspecified atom stereocenters. The number of nitrogens with zero attached hydrogens (tertiary/aromatic N) is 2. The zero-order valence-electron chi connectivity index (χ0n) is 21.2. The molecule has 1 atom stereocenters. The van der Waals surface area contributed by atoms with Crippen molar-refractivity contribution < 1.29 is 29.1 Å². The van der Waals surface area contributed by atoms with E-state index in [1.165, 1.54) is 36.3 Å². The van der Waals surface area contributed by atoms with Gasteiger partial charge in [0.05, 0.1) is 30.8 Å². The molecule has 10 heteroatoms. The minimum absolute atomic E-state index is 0.0837. The molecule has 0 bridgehead atoms. The summed E-state index contributed by atoms with van der Waals surface area (Å²) in [5.41, 5.74) is 2.42. The minimum atomic E-state index is -0.870. The summed E-state index contributed by atoms with van der Waals surface area (Å²) in [6.07, 6.45) is 2.30. The van der Waals surface area contributed by atoms with Crippen molar-refractivity contribution in [3.63, 3.8) is 0 Å². The van der Waals surface area contributed by atoms with Gasteiger partial charge in [-0.25, -0.2) is 0 Å². The maximum Gasteiger partial charge on any atom is 0.295 e. The van der Waals surface area contributed by atoms with E-state index >= 15 is 0 Å². The topological polar surface area (TPSA) is 135 Å². The second-order valence-electron chi connectivity index (χ2n) is 9.05. The highest BCUT2D eigenvalue weighted by atomic mass is 16.6. The van der Waals surface area contributed by atoms with E-state index in [2.05, 4.69) is 4.98 Å². The molecule has 5 rings (SSSR count). The number of aliphatic hydroxyl groups excluding tert-OH is 1. The number of amides is 1. The summed E-state index contributed by atoms with van der Waals surface area (Å²) >= 11 is 0. The third kappa shape index (κ3) is 4.68. The van der Waals surface area contributed by atoms with Crippen LogP contribution in [-0.4, -0.2) is 52.4 Å². The van der Waals surface area contributed by atoms with Crippen molar-refractivity contribution in [2.24, 2.45) is 0 Å². The second-order valence-corrected chi connectivity index (χ2v) is 9.05. The highest BCUT2D eigenvalue weighted by molar-refractivity contribution is 6.46. The molecule has 0 radical (unpaired) electrons. The average Bonchev–Trinajstić information content (AvgIpc) is 3.48. The molecule has 39 heavy (non-hydrogen) atoms. The molecule has 1 aliphatic rings. The van der Waals surface area contributed by atoms with Gasteiger partial charge in [-0.2, -0.15) is 0 Å². The van der Waals surface area contributed by atoms with Gasteiger partial charge in [0, 0.05) is 41.3 Å². The summed E-state index contributed by atoms with van der Waals surface area (Å²) < 4.78 is 10.6.